The van der Waals surface area contributed by atoms with E-state index in [1.165, 1.54) is 0 Å². The maximum Gasteiger partial charge on any atom is 0.305 e. The number of aliphatic carboxylic acids is 1. The number of carbonyl (C=O) groups is 2. The van der Waals surface area contributed by atoms with E-state index in [4.69, 9.17) is 14.6 Å². The Hall–Kier alpha value is -3.48. The summed E-state index contributed by atoms with van der Waals surface area (Å²) >= 11 is 0. The van der Waals surface area contributed by atoms with E-state index in [1.54, 1.807) is 6.07 Å². The van der Waals surface area contributed by atoms with Crippen LogP contribution in [-0.4, -0.2) is 30.3 Å². The highest BCUT2D eigenvalue weighted by molar-refractivity contribution is 5.95. The number of carboxylic acid groups (broad SMARTS) is 1. The minimum atomic E-state index is -0.932. The van der Waals surface area contributed by atoms with Crippen LogP contribution in [0.25, 0.3) is 0 Å². The highest BCUT2D eigenvalue weighted by Gasteiger charge is 2.38. The van der Waals surface area contributed by atoms with Crippen LogP contribution in [0.1, 0.15) is 46.3 Å². The number of anilines is 1. The van der Waals surface area contributed by atoms with E-state index in [1.807, 2.05) is 24.3 Å². The molecule has 154 valence electrons. The molecule has 3 atom stereocenters. The van der Waals surface area contributed by atoms with Crippen molar-refractivity contribution in [1.29, 1.82) is 0 Å². The third kappa shape index (κ3) is 3.26. The second kappa shape index (κ2) is 7.40. The minimum absolute atomic E-state index is 0.0944. The maximum atomic E-state index is 12.4. The molecule has 30 heavy (non-hydrogen) atoms. The molecule has 0 saturated heterocycles. The molecule has 3 N–H and O–H groups in total. The quantitative estimate of drug-likeness (QED) is 0.658. The molecule has 3 aliphatic rings. The van der Waals surface area contributed by atoms with Gasteiger partial charge in [-0.2, -0.15) is 0 Å². The topological polar surface area (TPSA) is 96.9 Å². The Morgan fingerprint density at radius 2 is 2.00 bits per heavy atom. The molecule has 1 aliphatic carbocycles. The zero-order valence-corrected chi connectivity index (χ0v) is 16.3. The number of fused-ring (bicyclic) bond motifs is 4. The summed E-state index contributed by atoms with van der Waals surface area (Å²) in [4.78, 5) is 23.1. The number of benzene rings is 2. The predicted octanol–water partition coefficient (Wildman–Crippen LogP) is 3.45. The fourth-order valence-corrected chi connectivity index (χ4v) is 4.56. The van der Waals surface area contributed by atoms with Gasteiger partial charge in [-0.1, -0.05) is 18.2 Å². The smallest absolute Gasteiger partial charge is 0.305 e. The molecule has 7 nitrogen and oxygen atoms in total. The maximum absolute atomic E-state index is 12.4. The van der Waals surface area contributed by atoms with E-state index in [-0.39, 0.29) is 37.6 Å². The summed E-state index contributed by atoms with van der Waals surface area (Å²) < 4.78 is 11.0. The van der Waals surface area contributed by atoms with Gasteiger partial charge in [-0.15, -0.1) is 0 Å². The second-order valence-electron chi connectivity index (χ2n) is 7.79. The van der Waals surface area contributed by atoms with Crippen molar-refractivity contribution < 1.29 is 24.2 Å². The third-order valence-electron chi connectivity index (χ3n) is 6.01. The highest BCUT2D eigenvalue weighted by Crippen LogP contribution is 2.50. The molecule has 5 rings (SSSR count). The predicted molar refractivity (Wildman–Crippen MR) is 110 cm³/mol. The van der Waals surface area contributed by atoms with Crippen molar-refractivity contribution in [3.05, 3.63) is 65.2 Å². The van der Waals surface area contributed by atoms with Crippen molar-refractivity contribution in [2.45, 2.75) is 24.8 Å². The van der Waals surface area contributed by atoms with Gasteiger partial charge >= 0.3 is 5.97 Å². The number of carboxylic acids is 1. The van der Waals surface area contributed by atoms with Crippen LogP contribution in [0.3, 0.4) is 0 Å². The fraction of sp³-hybridized carbons (Fsp3) is 0.304. The van der Waals surface area contributed by atoms with Crippen LogP contribution in [0.5, 0.6) is 11.5 Å². The molecular formula is C23H22N2O5. The van der Waals surface area contributed by atoms with Crippen LogP contribution in [-0.2, 0) is 4.79 Å². The molecule has 1 amide bonds. The lowest BCUT2D eigenvalue weighted by molar-refractivity contribution is -0.136. The summed E-state index contributed by atoms with van der Waals surface area (Å²) in [6.45, 7) is 0.367. The number of carbonyl (C=O) groups excluding carboxylic acids is 1. The molecular weight excluding hydrogens is 384 g/mol. The SMILES string of the molecule is O=C(O)CCNC(=O)c1ccc2c(c1)[C@H]1C=CC[C@@H]1[C@H](c1ccc3c(c1)OCO3)N2. The first-order valence-electron chi connectivity index (χ1n) is 10.1. The van der Waals surface area contributed by atoms with E-state index in [2.05, 4.69) is 28.9 Å². The number of allylic oxidation sites excluding steroid dienone is 2. The van der Waals surface area contributed by atoms with E-state index >= 15 is 0 Å². The Morgan fingerprint density at radius 3 is 2.87 bits per heavy atom. The molecule has 0 saturated carbocycles. The van der Waals surface area contributed by atoms with Gasteiger partial charge in [0.05, 0.1) is 12.5 Å². The molecule has 0 unspecified atom stereocenters. The zero-order valence-electron chi connectivity index (χ0n) is 16.3. The second-order valence-corrected chi connectivity index (χ2v) is 7.79. The van der Waals surface area contributed by atoms with Gasteiger partial charge in [0.2, 0.25) is 6.79 Å². The first-order valence-corrected chi connectivity index (χ1v) is 10.1. The Labute approximate surface area is 173 Å². The summed E-state index contributed by atoms with van der Waals surface area (Å²) in [5.41, 5.74) is 3.80. The van der Waals surface area contributed by atoms with Gasteiger partial charge in [0.25, 0.3) is 5.91 Å². The number of hydrogen-bond acceptors (Lipinski definition) is 5. The molecule has 0 radical (unpaired) electrons. The van der Waals surface area contributed by atoms with Crippen LogP contribution >= 0.6 is 0 Å². The van der Waals surface area contributed by atoms with Gasteiger partial charge in [0, 0.05) is 23.7 Å². The van der Waals surface area contributed by atoms with Crippen molar-refractivity contribution in [3.63, 3.8) is 0 Å². The van der Waals surface area contributed by atoms with Gasteiger partial charge in [-0.3, -0.25) is 9.59 Å². The summed E-state index contributed by atoms with van der Waals surface area (Å²) in [6, 6.07) is 11.8. The Morgan fingerprint density at radius 1 is 1.13 bits per heavy atom. The van der Waals surface area contributed by atoms with Crippen molar-refractivity contribution in [3.8, 4) is 11.5 Å². The van der Waals surface area contributed by atoms with Crippen LogP contribution in [0.2, 0.25) is 0 Å². The molecule has 2 heterocycles. The molecule has 2 aliphatic heterocycles. The van der Waals surface area contributed by atoms with Gasteiger partial charge < -0.3 is 25.2 Å². The Balaban J connectivity index is 1.41. The van der Waals surface area contributed by atoms with Crippen LogP contribution in [0.4, 0.5) is 5.69 Å². The zero-order chi connectivity index (χ0) is 20.7. The van der Waals surface area contributed by atoms with Crippen molar-refractivity contribution in [2.75, 3.05) is 18.7 Å². The van der Waals surface area contributed by atoms with Gasteiger partial charge in [-0.05, 0) is 53.8 Å². The number of hydrogen-bond donors (Lipinski definition) is 3. The Bertz CT molecular complexity index is 1050. The summed E-state index contributed by atoms with van der Waals surface area (Å²) in [7, 11) is 0. The van der Waals surface area contributed by atoms with Gasteiger partial charge in [0.1, 0.15) is 0 Å². The lowest BCUT2D eigenvalue weighted by Crippen LogP contribution is -2.30. The average molecular weight is 406 g/mol. The summed E-state index contributed by atoms with van der Waals surface area (Å²) in [6.07, 6.45) is 5.27. The molecule has 2 aromatic rings. The molecule has 0 bridgehead atoms. The molecule has 0 spiro atoms. The molecule has 0 fully saturated rings. The summed E-state index contributed by atoms with van der Waals surface area (Å²) in [5.74, 6) is 0.908. The largest absolute Gasteiger partial charge is 0.481 e. The summed E-state index contributed by atoms with van der Waals surface area (Å²) in [5, 5.41) is 15.1. The van der Waals surface area contributed by atoms with Crippen molar-refractivity contribution in [1.82, 2.24) is 5.32 Å². The molecule has 7 heteroatoms. The fourth-order valence-electron chi connectivity index (χ4n) is 4.56. The van der Waals surface area contributed by atoms with E-state index in [0.717, 1.165) is 34.7 Å². The van der Waals surface area contributed by atoms with Gasteiger partial charge in [0.15, 0.2) is 11.5 Å². The van der Waals surface area contributed by atoms with E-state index in [9.17, 15) is 9.59 Å². The lowest BCUT2D eigenvalue weighted by Gasteiger charge is -2.37. The number of rotatable bonds is 5. The first-order chi connectivity index (χ1) is 14.6. The van der Waals surface area contributed by atoms with Crippen molar-refractivity contribution >= 4 is 17.6 Å². The first kappa shape index (κ1) is 18.5. The number of nitrogens with one attached hydrogen (secondary N) is 2. The minimum Gasteiger partial charge on any atom is -0.481 e. The van der Waals surface area contributed by atoms with E-state index in [0.29, 0.717) is 11.5 Å². The average Bonchev–Trinajstić information content (AvgIpc) is 3.41. The van der Waals surface area contributed by atoms with Crippen LogP contribution < -0.4 is 20.1 Å². The normalized spacial score (nSPS) is 22.7. The monoisotopic (exact) mass is 406 g/mol. The third-order valence-corrected chi connectivity index (χ3v) is 6.01. The Kier molecular flexibility index (Phi) is 4.58. The van der Waals surface area contributed by atoms with E-state index < -0.39 is 5.97 Å². The van der Waals surface area contributed by atoms with Crippen LogP contribution in [0, 0.1) is 5.92 Å². The lowest BCUT2D eigenvalue weighted by atomic mass is 9.76. The highest BCUT2D eigenvalue weighted by atomic mass is 16.7. The standard InChI is InChI=1S/C23H22N2O5/c26-21(27)8-9-24-23(28)14-4-6-18-17(10-14)15-2-1-3-16(15)22(25-18)13-5-7-19-20(11-13)30-12-29-19/h1-2,4-7,10-11,15-16,22,25H,3,8-9,12H2,(H,24,28)(H,26,27)/t15-,16-,22-/m0/s1. The number of ether oxygens (including phenoxy) is 2. The molecule has 2 aromatic carbocycles. The van der Waals surface area contributed by atoms with Crippen molar-refractivity contribution in [2.24, 2.45) is 5.92 Å². The van der Waals surface area contributed by atoms with Crippen LogP contribution in [0.15, 0.2) is 48.6 Å². The molecule has 0 aromatic heterocycles. The van der Waals surface area contributed by atoms with Gasteiger partial charge in [-0.25, -0.2) is 0 Å². The number of amides is 1.